The van der Waals surface area contributed by atoms with Gasteiger partial charge in [0, 0.05) is 12.7 Å². The molecular formula is C19H28N5O+. The number of amides is 1. The van der Waals surface area contributed by atoms with E-state index in [0.717, 1.165) is 43.3 Å². The molecule has 0 bridgehead atoms. The van der Waals surface area contributed by atoms with Crippen LogP contribution < -0.4 is 15.1 Å². The predicted octanol–water partition coefficient (Wildman–Crippen LogP) is 0.769. The largest absolute Gasteiger partial charge is 0.360 e. The number of aryl methyl sites for hydroxylation is 2. The van der Waals surface area contributed by atoms with E-state index in [9.17, 15) is 4.79 Å². The lowest BCUT2D eigenvalue weighted by atomic mass is 10.2. The van der Waals surface area contributed by atoms with Gasteiger partial charge in [0.1, 0.15) is 0 Å². The Morgan fingerprint density at radius 3 is 2.40 bits per heavy atom. The molecule has 6 nitrogen and oxygen atoms in total. The van der Waals surface area contributed by atoms with Gasteiger partial charge in [-0.1, -0.05) is 18.2 Å². The van der Waals surface area contributed by atoms with E-state index in [1.54, 1.807) is 4.68 Å². The molecule has 1 atom stereocenters. The fourth-order valence-electron chi connectivity index (χ4n) is 3.50. The number of carbonyl (C=O) groups excluding carboxylic acids is 1. The Morgan fingerprint density at radius 2 is 1.84 bits per heavy atom. The molecule has 25 heavy (non-hydrogen) atoms. The third-order valence-corrected chi connectivity index (χ3v) is 5.29. The van der Waals surface area contributed by atoms with Crippen molar-refractivity contribution < 1.29 is 9.69 Å². The number of nitrogens with zero attached hydrogens (tertiary/aromatic N) is 3. The van der Waals surface area contributed by atoms with Gasteiger partial charge in [-0.3, -0.25) is 9.48 Å². The summed E-state index contributed by atoms with van der Waals surface area (Å²) in [5.74, 6) is 0.0716. The van der Waals surface area contributed by atoms with Crippen molar-refractivity contribution in [3.63, 3.8) is 0 Å². The summed E-state index contributed by atoms with van der Waals surface area (Å²) in [4.78, 5) is 16.4. The fraction of sp³-hybridized carbons (Fsp3) is 0.474. The average molecular weight is 342 g/mol. The van der Waals surface area contributed by atoms with Crippen LogP contribution in [0.15, 0.2) is 30.3 Å². The summed E-state index contributed by atoms with van der Waals surface area (Å²) in [6.45, 7) is 9.81. The maximum Gasteiger partial charge on any atom is 0.282 e. The minimum atomic E-state index is -0.0723. The highest BCUT2D eigenvalue weighted by Crippen LogP contribution is 2.18. The van der Waals surface area contributed by atoms with E-state index in [0.29, 0.717) is 0 Å². The van der Waals surface area contributed by atoms with Crippen LogP contribution in [0.1, 0.15) is 18.3 Å². The molecule has 2 aromatic rings. The molecule has 1 fully saturated rings. The van der Waals surface area contributed by atoms with Crippen molar-refractivity contribution in [3.8, 4) is 0 Å². The van der Waals surface area contributed by atoms with E-state index in [2.05, 4.69) is 39.6 Å². The highest BCUT2D eigenvalue weighted by atomic mass is 16.2. The number of hydrogen-bond donors (Lipinski definition) is 2. The number of nitrogens with one attached hydrogen (secondary N) is 2. The molecule has 0 spiro atoms. The van der Waals surface area contributed by atoms with E-state index in [4.69, 9.17) is 0 Å². The Bertz CT molecular complexity index is 732. The first-order chi connectivity index (χ1) is 12.0. The van der Waals surface area contributed by atoms with Crippen LogP contribution in [0.2, 0.25) is 0 Å². The molecule has 6 heteroatoms. The first-order valence-corrected chi connectivity index (χ1v) is 8.93. The van der Waals surface area contributed by atoms with Crippen molar-refractivity contribution in [2.75, 3.05) is 36.4 Å². The lowest BCUT2D eigenvalue weighted by Crippen LogP contribution is -3.19. The van der Waals surface area contributed by atoms with Gasteiger partial charge in [-0.25, -0.2) is 0 Å². The summed E-state index contributed by atoms with van der Waals surface area (Å²) in [6, 6.07) is 10.4. The summed E-state index contributed by atoms with van der Waals surface area (Å²) in [6.07, 6.45) is 0. The molecule has 1 amide bonds. The number of piperazine rings is 1. The van der Waals surface area contributed by atoms with Crippen LogP contribution in [-0.4, -0.2) is 47.9 Å². The molecule has 3 rings (SSSR count). The predicted molar refractivity (Wildman–Crippen MR) is 100 cm³/mol. The number of rotatable bonds is 4. The zero-order chi connectivity index (χ0) is 18.0. The summed E-state index contributed by atoms with van der Waals surface area (Å²) in [5.41, 5.74) is 3.97. The fourth-order valence-corrected chi connectivity index (χ4v) is 3.50. The molecule has 1 aliphatic heterocycles. The molecule has 134 valence electrons. The van der Waals surface area contributed by atoms with E-state index < -0.39 is 0 Å². The standard InChI is InChI=1S/C19H27N5O/c1-14-18(15(2)22(4)21-14)20-19(25)16(3)23-10-12-24(13-11-23)17-8-6-5-7-9-17/h5-9,16H,10-13H2,1-4H3,(H,20,25)/p+1/t16-/m0/s1. The number of para-hydroxylation sites is 1. The Labute approximate surface area is 149 Å². The van der Waals surface area contributed by atoms with Gasteiger partial charge >= 0.3 is 0 Å². The summed E-state index contributed by atoms with van der Waals surface area (Å²) >= 11 is 0. The Kier molecular flexibility index (Phi) is 5.08. The average Bonchev–Trinajstić information content (AvgIpc) is 2.88. The number of anilines is 2. The third-order valence-electron chi connectivity index (χ3n) is 5.29. The molecule has 0 unspecified atom stereocenters. The first-order valence-electron chi connectivity index (χ1n) is 8.93. The SMILES string of the molecule is Cc1nn(C)c(C)c1NC(=O)[C@H](C)[NH+]1CCN(c2ccccc2)CC1. The molecule has 1 aromatic carbocycles. The van der Waals surface area contributed by atoms with Crippen molar-refractivity contribution in [2.24, 2.45) is 7.05 Å². The van der Waals surface area contributed by atoms with Gasteiger partial charge in [0.2, 0.25) is 0 Å². The minimum absolute atomic E-state index is 0.0716. The van der Waals surface area contributed by atoms with Gasteiger partial charge in [-0.15, -0.1) is 0 Å². The molecule has 0 saturated carbocycles. The van der Waals surface area contributed by atoms with Crippen LogP contribution in [0, 0.1) is 13.8 Å². The highest BCUT2D eigenvalue weighted by Gasteiger charge is 2.30. The summed E-state index contributed by atoms with van der Waals surface area (Å²) < 4.78 is 1.81. The number of hydrogen-bond acceptors (Lipinski definition) is 3. The van der Waals surface area contributed by atoms with Crippen molar-refractivity contribution in [1.29, 1.82) is 0 Å². The number of aromatic nitrogens is 2. The van der Waals surface area contributed by atoms with Gasteiger partial charge in [0.05, 0.1) is 43.3 Å². The van der Waals surface area contributed by atoms with E-state index >= 15 is 0 Å². The zero-order valence-corrected chi connectivity index (χ0v) is 15.5. The second-order valence-electron chi connectivity index (χ2n) is 6.86. The van der Waals surface area contributed by atoms with Crippen molar-refractivity contribution >= 4 is 17.3 Å². The van der Waals surface area contributed by atoms with Gasteiger partial charge < -0.3 is 15.1 Å². The van der Waals surface area contributed by atoms with Crippen molar-refractivity contribution in [3.05, 3.63) is 41.7 Å². The maximum atomic E-state index is 12.7. The Morgan fingerprint density at radius 1 is 1.20 bits per heavy atom. The molecule has 2 N–H and O–H groups in total. The molecule has 1 aliphatic rings. The minimum Gasteiger partial charge on any atom is -0.360 e. The van der Waals surface area contributed by atoms with E-state index in [1.165, 1.54) is 10.6 Å². The van der Waals surface area contributed by atoms with E-state index in [1.807, 2.05) is 33.9 Å². The molecule has 0 aliphatic carbocycles. The number of benzene rings is 1. The molecule has 1 aromatic heterocycles. The third kappa shape index (κ3) is 3.69. The van der Waals surface area contributed by atoms with Gasteiger partial charge in [-0.2, -0.15) is 5.10 Å². The highest BCUT2D eigenvalue weighted by molar-refractivity contribution is 5.94. The van der Waals surface area contributed by atoms with Crippen LogP contribution in [0.5, 0.6) is 0 Å². The molecule has 0 radical (unpaired) electrons. The summed E-state index contributed by atoms with van der Waals surface area (Å²) in [5, 5.41) is 7.45. The van der Waals surface area contributed by atoms with Crippen LogP contribution >= 0.6 is 0 Å². The molecule has 1 saturated heterocycles. The van der Waals surface area contributed by atoms with Crippen molar-refractivity contribution in [2.45, 2.75) is 26.8 Å². The van der Waals surface area contributed by atoms with Crippen molar-refractivity contribution in [1.82, 2.24) is 9.78 Å². The van der Waals surface area contributed by atoms with Gasteiger partial charge in [-0.05, 0) is 32.9 Å². The molecule has 2 heterocycles. The lowest BCUT2D eigenvalue weighted by Gasteiger charge is -2.36. The molecular weight excluding hydrogens is 314 g/mol. The zero-order valence-electron chi connectivity index (χ0n) is 15.5. The van der Waals surface area contributed by atoms with E-state index in [-0.39, 0.29) is 11.9 Å². The first kappa shape index (κ1) is 17.5. The Balaban J connectivity index is 1.58. The summed E-state index contributed by atoms with van der Waals surface area (Å²) in [7, 11) is 1.90. The normalized spacial score (nSPS) is 16.7. The Hall–Kier alpha value is -2.34. The number of quaternary nitrogens is 1. The quantitative estimate of drug-likeness (QED) is 0.863. The van der Waals surface area contributed by atoms with Gasteiger partial charge in [0.15, 0.2) is 6.04 Å². The van der Waals surface area contributed by atoms with Crippen LogP contribution in [0.25, 0.3) is 0 Å². The maximum absolute atomic E-state index is 12.7. The lowest BCUT2D eigenvalue weighted by molar-refractivity contribution is -0.914. The van der Waals surface area contributed by atoms with Crippen LogP contribution in [0.3, 0.4) is 0 Å². The van der Waals surface area contributed by atoms with Gasteiger partial charge in [0.25, 0.3) is 5.91 Å². The monoisotopic (exact) mass is 342 g/mol. The second kappa shape index (κ2) is 7.27. The van der Waals surface area contributed by atoms with Crippen LogP contribution in [-0.2, 0) is 11.8 Å². The van der Waals surface area contributed by atoms with Crippen LogP contribution in [0.4, 0.5) is 11.4 Å². The number of carbonyl (C=O) groups is 1. The second-order valence-corrected chi connectivity index (χ2v) is 6.86. The topological polar surface area (TPSA) is 54.6 Å². The smallest absolute Gasteiger partial charge is 0.282 e.